The number of nitrogens with zero attached hydrogens (tertiary/aromatic N) is 3. The first-order valence-corrected chi connectivity index (χ1v) is 5.45. The van der Waals surface area contributed by atoms with E-state index in [-0.39, 0.29) is 5.95 Å². The number of nitrogen functional groups attached to an aromatic ring is 1. The first-order chi connectivity index (χ1) is 8.65. The molecule has 2 aromatic heterocycles. The van der Waals surface area contributed by atoms with Gasteiger partial charge in [0.15, 0.2) is 5.65 Å². The number of aromatic amines is 1. The first kappa shape index (κ1) is 10.9. The Morgan fingerprint density at radius 3 is 2.94 bits per heavy atom. The Morgan fingerprint density at radius 2 is 2.11 bits per heavy atom. The summed E-state index contributed by atoms with van der Waals surface area (Å²) in [5.74, 6) is -0.343. The molecular formula is C11H7ClFN5. The van der Waals surface area contributed by atoms with Gasteiger partial charge in [0.25, 0.3) is 0 Å². The van der Waals surface area contributed by atoms with Crippen LogP contribution in [0.15, 0.2) is 24.5 Å². The van der Waals surface area contributed by atoms with Crippen LogP contribution in [0.4, 0.5) is 10.3 Å². The van der Waals surface area contributed by atoms with Crippen LogP contribution in [0.1, 0.15) is 0 Å². The molecule has 0 spiro atoms. The Bertz CT molecular complexity index is 739. The smallest absolute Gasteiger partial charge is 0.222 e. The van der Waals surface area contributed by atoms with E-state index in [0.29, 0.717) is 27.4 Å². The van der Waals surface area contributed by atoms with E-state index >= 15 is 0 Å². The number of imidazole rings is 1. The maximum Gasteiger partial charge on any atom is 0.222 e. The summed E-state index contributed by atoms with van der Waals surface area (Å²) in [6, 6.07) is 4.04. The van der Waals surface area contributed by atoms with Crippen molar-refractivity contribution in [2.45, 2.75) is 0 Å². The van der Waals surface area contributed by atoms with Gasteiger partial charge in [0.2, 0.25) is 5.95 Å². The van der Waals surface area contributed by atoms with Crippen molar-refractivity contribution in [2.24, 2.45) is 0 Å². The fraction of sp³-hybridized carbons (Fsp3) is 0. The molecule has 5 nitrogen and oxygen atoms in total. The first-order valence-electron chi connectivity index (χ1n) is 5.07. The van der Waals surface area contributed by atoms with Gasteiger partial charge in [-0.1, -0.05) is 11.6 Å². The van der Waals surface area contributed by atoms with Crippen molar-refractivity contribution < 1.29 is 4.39 Å². The monoisotopic (exact) mass is 263 g/mol. The van der Waals surface area contributed by atoms with Crippen LogP contribution in [-0.2, 0) is 0 Å². The maximum atomic E-state index is 13.3. The summed E-state index contributed by atoms with van der Waals surface area (Å²) in [4.78, 5) is 14.9. The van der Waals surface area contributed by atoms with E-state index in [1.54, 1.807) is 0 Å². The van der Waals surface area contributed by atoms with Gasteiger partial charge < -0.3 is 10.7 Å². The van der Waals surface area contributed by atoms with Gasteiger partial charge in [-0.05, 0) is 18.2 Å². The Balaban J connectivity index is 2.37. The second-order valence-electron chi connectivity index (χ2n) is 3.66. The number of H-pyrrole nitrogens is 1. The maximum absolute atomic E-state index is 13.3. The average Bonchev–Trinajstić information content (AvgIpc) is 2.79. The number of benzene rings is 1. The van der Waals surface area contributed by atoms with Crippen LogP contribution in [0.3, 0.4) is 0 Å². The molecule has 0 aliphatic rings. The van der Waals surface area contributed by atoms with E-state index in [4.69, 9.17) is 17.3 Å². The van der Waals surface area contributed by atoms with E-state index in [2.05, 4.69) is 19.9 Å². The fourth-order valence-corrected chi connectivity index (χ4v) is 1.93. The molecule has 7 heteroatoms. The third-order valence-corrected chi connectivity index (χ3v) is 2.82. The molecule has 0 amide bonds. The quantitative estimate of drug-likeness (QED) is 0.706. The van der Waals surface area contributed by atoms with Gasteiger partial charge in [-0.3, -0.25) is 0 Å². The molecule has 0 unspecified atom stereocenters. The van der Waals surface area contributed by atoms with Crippen molar-refractivity contribution in [2.75, 3.05) is 5.73 Å². The lowest BCUT2D eigenvalue weighted by Gasteiger charge is -2.05. The minimum atomic E-state index is -0.403. The largest absolute Gasteiger partial charge is 0.368 e. The van der Waals surface area contributed by atoms with Crippen molar-refractivity contribution in [3.05, 3.63) is 35.4 Å². The Kier molecular flexibility index (Phi) is 2.38. The van der Waals surface area contributed by atoms with Crippen LogP contribution in [-0.4, -0.2) is 19.9 Å². The van der Waals surface area contributed by atoms with E-state index in [9.17, 15) is 4.39 Å². The van der Waals surface area contributed by atoms with E-state index in [0.717, 1.165) is 0 Å². The van der Waals surface area contributed by atoms with Gasteiger partial charge >= 0.3 is 0 Å². The molecule has 0 saturated heterocycles. The summed E-state index contributed by atoms with van der Waals surface area (Å²) in [5.41, 5.74) is 7.45. The molecule has 0 radical (unpaired) electrons. The zero-order chi connectivity index (χ0) is 12.7. The number of halogens is 2. The van der Waals surface area contributed by atoms with Crippen molar-refractivity contribution in [1.29, 1.82) is 0 Å². The highest BCUT2D eigenvalue weighted by Crippen LogP contribution is 2.31. The normalized spacial score (nSPS) is 11.0. The molecule has 0 fully saturated rings. The predicted molar refractivity (Wildman–Crippen MR) is 66.5 cm³/mol. The lowest BCUT2D eigenvalue weighted by molar-refractivity contribution is 0.628. The summed E-state index contributed by atoms with van der Waals surface area (Å²) in [6.45, 7) is 0. The van der Waals surface area contributed by atoms with Crippen LogP contribution in [0, 0.1) is 5.82 Å². The summed E-state index contributed by atoms with van der Waals surface area (Å²) in [5, 5.41) is 0.380. The lowest BCUT2D eigenvalue weighted by Crippen LogP contribution is -1.98. The van der Waals surface area contributed by atoms with Gasteiger partial charge in [0.1, 0.15) is 17.0 Å². The predicted octanol–water partition coefficient (Wildman–Crippen LogP) is 2.39. The van der Waals surface area contributed by atoms with E-state index in [1.165, 1.54) is 24.5 Å². The minimum absolute atomic E-state index is 0.0601. The number of nitrogens with one attached hydrogen (secondary N) is 1. The van der Waals surface area contributed by atoms with Crippen LogP contribution >= 0.6 is 11.6 Å². The topological polar surface area (TPSA) is 80.5 Å². The van der Waals surface area contributed by atoms with Crippen LogP contribution in [0.25, 0.3) is 22.4 Å². The molecule has 0 saturated carbocycles. The number of fused-ring (bicyclic) bond motifs is 1. The molecule has 90 valence electrons. The molecule has 3 aromatic rings. The molecule has 0 atom stereocenters. The number of hydrogen-bond donors (Lipinski definition) is 2. The Labute approximate surface area is 106 Å². The molecule has 1 aromatic carbocycles. The number of aromatic nitrogens is 4. The van der Waals surface area contributed by atoms with Gasteiger partial charge in [0, 0.05) is 5.56 Å². The third kappa shape index (κ3) is 1.67. The zero-order valence-electron chi connectivity index (χ0n) is 8.98. The summed E-state index contributed by atoms with van der Waals surface area (Å²) in [6.07, 6.45) is 1.47. The Morgan fingerprint density at radius 1 is 1.28 bits per heavy atom. The van der Waals surface area contributed by atoms with Gasteiger partial charge in [-0.2, -0.15) is 4.98 Å². The number of nitrogens with two attached hydrogens (primary N) is 1. The summed E-state index contributed by atoms with van der Waals surface area (Å²) >= 11 is 6.05. The number of rotatable bonds is 1. The average molecular weight is 264 g/mol. The second-order valence-corrected chi connectivity index (χ2v) is 4.06. The molecule has 0 bridgehead atoms. The summed E-state index contributed by atoms with van der Waals surface area (Å²) < 4.78 is 13.3. The van der Waals surface area contributed by atoms with Gasteiger partial charge in [0.05, 0.1) is 11.3 Å². The lowest BCUT2D eigenvalue weighted by atomic mass is 10.1. The van der Waals surface area contributed by atoms with Gasteiger partial charge in [-0.15, -0.1) is 0 Å². The highest BCUT2D eigenvalue weighted by molar-refractivity contribution is 6.33. The fourth-order valence-electron chi connectivity index (χ4n) is 1.72. The zero-order valence-corrected chi connectivity index (χ0v) is 9.74. The molecule has 2 heterocycles. The van der Waals surface area contributed by atoms with Crippen molar-refractivity contribution in [1.82, 2.24) is 19.9 Å². The Hall–Kier alpha value is -2.21. The minimum Gasteiger partial charge on any atom is -0.368 e. The molecule has 3 rings (SSSR count). The SMILES string of the molecule is Nc1nc(-c2cc(F)ccc2Cl)c2[nH]cnc2n1. The highest BCUT2D eigenvalue weighted by atomic mass is 35.5. The molecular weight excluding hydrogens is 257 g/mol. The van der Waals surface area contributed by atoms with Crippen LogP contribution in [0.5, 0.6) is 0 Å². The van der Waals surface area contributed by atoms with Crippen molar-refractivity contribution in [3.63, 3.8) is 0 Å². The van der Waals surface area contributed by atoms with Crippen molar-refractivity contribution in [3.8, 4) is 11.3 Å². The standard InChI is InChI=1S/C11H7ClFN5/c12-7-2-1-5(13)3-6(7)8-9-10(16-4-15-9)18-11(14)17-8/h1-4H,(H3,14,15,16,17,18). The molecule has 0 aliphatic carbocycles. The molecule has 3 N–H and O–H groups in total. The van der Waals surface area contributed by atoms with Crippen molar-refractivity contribution >= 4 is 28.7 Å². The summed E-state index contributed by atoms with van der Waals surface area (Å²) in [7, 11) is 0. The van der Waals surface area contributed by atoms with E-state index in [1.807, 2.05) is 0 Å². The van der Waals surface area contributed by atoms with E-state index < -0.39 is 5.82 Å². The number of anilines is 1. The van der Waals surface area contributed by atoms with Gasteiger partial charge in [-0.25, -0.2) is 14.4 Å². The molecule has 18 heavy (non-hydrogen) atoms. The van der Waals surface area contributed by atoms with Crippen LogP contribution < -0.4 is 5.73 Å². The van der Waals surface area contributed by atoms with Crippen LogP contribution in [0.2, 0.25) is 5.02 Å². The third-order valence-electron chi connectivity index (χ3n) is 2.49. The molecule has 0 aliphatic heterocycles. The second kappa shape index (κ2) is 3.92. The highest BCUT2D eigenvalue weighted by Gasteiger charge is 2.14. The number of hydrogen-bond acceptors (Lipinski definition) is 4.